The number of ether oxygens (including phenoxy) is 2. The Morgan fingerprint density at radius 2 is 1.68 bits per heavy atom. The molecule has 1 spiro atoms. The highest BCUT2D eigenvalue weighted by Gasteiger charge is 2.42. The van der Waals surface area contributed by atoms with Crippen molar-refractivity contribution in [1.82, 2.24) is 9.80 Å². The number of halogens is 3. The van der Waals surface area contributed by atoms with Crippen LogP contribution in [0.25, 0.3) is 0 Å². The van der Waals surface area contributed by atoms with Crippen LogP contribution in [0.15, 0.2) is 47.4 Å². The molecule has 226 valence electrons. The molecule has 1 N–H and O–H groups in total. The first-order valence-electron chi connectivity index (χ1n) is 13.6. The molecule has 2 aliphatic rings. The zero-order chi connectivity index (χ0) is 30.2. The van der Waals surface area contributed by atoms with Crippen molar-refractivity contribution in [3.63, 3.8) is 0 Å². The third-order valence-corrected chi connectivity index (χ3v) is 8.19. The maximum atomic E-state index is 13.3. The van der Waals surface area contributed by atoms with Gasteiger partial charge in [-0.05, 0) is 74.2 Å². The number of alkyl halides is 3. The topological polar surface area (TPSA) is 79.3 Å². The van der Waals surface area contributed by atoms with Crippen LogP contribution in [0.4, 0.5) is 13.2 Å². The smallest absolute Gasteiger partial charge is 0.490 e. The number of carboxylic acid groups (broad SMARTS) is 1. The Hall–Kier alpha value is -2.92. The largest absolute Gasteiger partial charge is 0.496 e. The molecular weight excluding hydrogens is 557 g/mol. The number of carboxylic acids is 1. The molecule has 4 rings (SSSR count). The second-order valence-corrected chi connectivity index (χ2v) is 11.8. The van der Waals surface area contributed by atoms with E-state index in [2.05, 4.69) is 43.0 Å². The molecule has 41 heavy (non-hydrogen) atoms. The molecule has 2 saturated heterocycles. The van der Waals surface area contributed by atoms with Gasteiger partial charge in [-0.25, -0.2) is 4.79 Å². The van der Waals surface area contributed by atoms with Gasteiger partial charge in [0.2, 0.25) is 0 Å². The number of methoxy groups -OCH3 is 1. The minimum Gasteiger partial charge on any atom is -0.496 e. The zero-order valence-corrected chi connectivity index (χ0v) is 24.8. The van der Waals surface area contributed by atoms with Crippen molar-refractivity contribution in [1.29, 1.82) is 0 Å². The molecule has 0 saturated carbocycles. The third kappa shape index (κ3) is 9.03. The first-order chi connectivity index (χ1) is 19.4. The number of benzene rings is 2. The second kappa shape index (κ2) is 14.3. The van der Waals surface area contributed by atoms with Crippen molar-refractivity contribution in [2.75, 3.05) is 46.2 Å². The molecule has 2 fully saturated rings. The number of aliphatic carboxylic acids is 1. The van der Waals surface area contributed by atoms with Gasteiger partial charge in [0.25, 0.3) is 5.91 Å². The van der Waals surface area contributed by atoms with E-state index in [-0.39, 0.29) is 11.3 Å². The van der Waals surface area contributed by atoms with Crippen LogP contribution in [0, 0.1) is 11.3 Å². The lowest BCUT2D eigenvalue weighted by molar-refractivity contribution is -0.192. The fraction of sp³-hybridized carbons (Fsp3) is 0.533. The molecule has 2 heterocycles. The number of nitrogens with zero attached hydrogens (tertiary/aromatic N) is 2. The number of carbonyl (C=O) groups is 2. The highest BCUT2D eigenvalue weighted by Crippen LogP contribution is 2.42. The Balaban J connectivity index is 0.000000587. The Morgan fingerprint density at radius 1 is 1.05 bits per heavy atom. The highest BCUT2D eigenvalue weighted by atomic mass is 32.2. The maximum absolute atomic E-state index is 13.3. The van der Waals surface area contributed by atoms with E-state index >= 15 is 0 Å². The second-order valence-electron chi connectivity index (χ2n) is 10.9. The molecule has 7 nitrogen and oxygen atoms in total. The Morgan fingerprint density at radius 3 is 2.27 bits per heavy atom. The molecule has 0 aliphatic carbocycles. The zero-order valence-electron chi connectivity index (χ0n) is 24.0. The molecule has 2 aromatic carbocycles. The Kier molecular flexibility index (Phi) is 11.4. The predicted octanol–water partition coefficient (Wildman–Crippen LogP) is 6.21. The van der Waals surface area contributed by atoms with Crippen LogP contribution < -0.4 is 9.47 Å². The van der Waals surface area contributed by atoms with E-state index in [1.165, 1.54) is 5.56 Å². The lowest BCUT2D eigenvalue weighted by Crippen LogP contribution is -2.42. The number of piperidine rings is 1. The van der Waals surface area contributed by atoms with Crippen LogP contribution in [-0.4, -0.2) is 79.1 Å². The average molecular weight is 597 g/mol. The van der Waals surface area contributed by atoms with Crippen molar-refractivity contribution < 1.29 is 37.3 Å². The van der Waals surface area contributed by atoms with Crippen LogP contribution in [0.3, 0.4) is 0 Å². The van der Waals surface area contributed by atoms with Crippen LogP contribution >= 0.6 is 11.8 Å². The summed E-state index contributed by atoms with van der Waals surface area (Å²) in [5.74, 6) is -0.464. The van der Waals surface area contributed by atoms with Crippen LogP contribution in [0.5, 0.6) is 11.5 Å². The summed E-state index contributed by atoms with van der Waals surface area (Å²) in [7, 11) is 1.64. The number of hydrogen-bond donors (Lipinski definition) is 1. The highest BCUT2D eigenvalue weighted by molar-refractivity contribution is 7.98. The van der Waals surface area contributed by atoms with E-state index in [1.807, 2.05) is 29.4 Å². The van der Waals surface area contributed by atoms with E-state index in [4.69, 9.17) is 19.4 Å². The Labute approximate surface area is 244 Å². The average Bonchev–Trinajstić information content (AvgIpc) is 3.36. The third-order valence-electron chi connectivity index (χ3n) is 7.46. The summed E-state index contributed by atoms with van der Waals surface area (Å²) >= 11 is 1.66. The van der Waals surface area contributed by atoms with Crippen molar-refractivity contribution in [2.45, 2.75) is 50.7 Å². The van der Waals surface area contributed by atoms with Gasteiger partial charge in [0.15, 0.2) is 0 Å². The number of carbonyl (C=O) groups excluding carboxylic acids is 1. The van der Waals surface area contributed by atoms with Crippen LogP contribution in [-0.2, 0) is 11.3 Å². The van der Waals surface area contributed by atoms with Gasteiger partial charge in [0.1, 0.15) is 11.5 Å². The molecule has 0 atom stereocenters. The molecule has 0 radical (unpaired) electrons. The quantitative estimate of drug-likeness (QED) is 0.363. The molecular formula is C30H39F3N2O5S. The van der Waals surface area contributed by atoms with E-state index in [0.29, 0.717) is 17.2 Å². The van der Waals surface area contributed by atoms with Gasteiger partial charge in [0.05, 0.1) is 19.3 Å². The summed E-state index contributed by atoms with van der Waals surface area (Å²) in [4.78, 5) is 27.9. The summed E-state index contributed by atoms with van der Waals surface area (Å²) in [6, 6.07) is 14.3. The van der Waals surface area contributed by atoms with Gasteiger partial charge >= 0.3 is 12.1 Å². The molecule has 11 heteroatoms. The van der Waals surface area contributed by atoms with Gasteiger partial charge in [-0.2, -0.15) is 13.2 Å². The number of thioether (sulfide) groups is 1. The SMILES string of the molecule is COc1cc(SC)ccc1C(=O)N1CCC2(CCN(Cc3ccccc3OCC(C)C)CC2)C1.O=C(O)C(F)(F)F. The number of rotatable bonds is 8. The summed E-state index contributed by atoms with van der Waals surface area (Å²) in [6.07, 6.45) is 0.304. The standard InChI is InChI=1S/C28H38N2O3S.C2HF3O2/c1-21(2)19-33-25-8-6-5-7-22(25)18-29-14-11-28(12-15-29)13-16-30(20-28)27(31)24-10-9-23(34-4)17-26(24)32-3;3-2(4,5)1(6)7/h5-10,17,21H,11-16,18-20H2,1-4H3;(H,6,7). The molecule has 2 aromatic rings. The van der Waals surface area contributed by atoms with Gasteiger partial charge in [0, 0.05) is 30.1 Å². The van der Waals surface area contributed by atoms with Gasteiger partial charge < -0.3 is 19.5 Å². The number of hydrogen-bond acceptors (Lipinski definition) is 6. The van der Waals surface area contributed by atoms with Gasteiger partial charge in [-0.1, -0.05) is 32.0 Å². The molecule has 1 amide bonds. The van der Waals surface area contributed by atoms with Crippen molar-refractivity contribution >= 4 is 23.6 Å². The summed E-state index contributed by atoms with van der Waals surface area (Å²) in [6.45, 7) is 9.83. The lowest BCUT2D eigenvalue weighted by Gasteiger charge is -2.39. The predicted molar refractivity (Wildman–Crippen MR) is 153 cm³/mol. The molecule has 0 unspecified atom stereocenters. The lowest BCUT2D eigenvalue weighted by atomic mass is 9.77. The number of likely N-dealkylation sites (tertiary alicyclic amines) is 2. The normalized spacial score (nSPS) is 16.8. The minimum atomic E-state index is -5.08. The first kappa shape index (κ1) is 32.6. The Bertz CT molecular complexity index is 1180. The molecule has 2 aliphatic heterocycles. The summed E-state index contributed by atoms with van der Waals surface area (Å²) in [5.41, 5.74) is 2.18. The van der Waals surface area contributed by atoms with Crippen molar-refractivity contribution in [3.8, 4) is 11.5 Å². The fourth-order valence-electron chi connectivity index (χ4n) is 5.12. The summed E-state index contributed by atoms with van der Waals surface area (Å²) in [5, 5.41) is 7.12. The monoisotopic (exact) mass is 596 g/mol. The fourth-order valence-corrected chi connectivity index (χ4v) is 5.55. The minimum absolute atomic E-state index is 0.0973. The van der Waals surface area contributed by atoms with E-state index in [9.17, 15) is 18.0 Å². The van der Waals surface area contributed by atoms with Crippen molar-refractivity contribution in [3.05, 3.63) is 53.6 Å². The van der Waals surface area contributed by atoms with Crippen LogP contribution in [0.1, 0.15) is 49.0 Å². The van der Waals surface area contributed by atoms with Crippen LogP contribution in [0.2, 0.25) is 0 Å². The van der Waals surface area contributed by atoms with E-state index < -0.39 is 12.1 Å². The van der Waals surface area contributed by atoms with Crippen molar-refractivity contribution in [2.24, 2.45) is 11.3 Å². The number of para-hydroxylation sites is 1. The molecule has 0 bridgehead atoms. The first-order valence-corrected chi connectivity index (χ1v) is 14.8. The van der Waals surface area contributed by atoms with E-state index in [1.54, 1.807) is 18.9 Å². The number of amides is 1. The van der Waals surface area contributed by atoms with E-state index in [0.717, 1.165) is 69.2 Å². The van der Waals surface area contributed by atoms with Gasteiger partial charge in [-0.3, -0.25) is 9.69 Å². The maximum Gasteiger partial charge on any atom is 0.490 e. The summed E-state index contributed by atoms with van der Waals surface area (Å²) < 4.78 is 43.3. The molecule has 0 aromatic heterocycles. The van der Waals surface area contributed by atoms with Gasteiger partial charge in [-0.15, -0.1) is 11.8 Å².